The minimum Gasteiger partial charge on any atom is -0.355 e. The van der Waals surface area contributed by atoms with Gasteiger partial charge in [0.2, 0.25) is 5.91 Å². The van der Waals surface area contributed by atoms with Crippen LogP contribution in [0, 0.1) is 0 Å². The Morgan fingerprint density at radius 3 is 2.26 bits per heavy atom. The average Bonchev–Trinajstić information content (AvgIpc) is 2.51. The number of rotatable bonds is 6. The third-order valence-corrected chi connectivity index (χ3v) is 4.47. The van der Waals surface area contributed by atoms with Crippen LogP contribution < -0.4 is 5.32 Å². The van der Waals surface area contributed by atoms with E-state index in [4.69, 9.17) is 23.2 Å². The predicted molar refractivity (Wildman–Crippen MR) is 97.4 cm³/mol. The maximum atomic E-state index is 12.0. The summed E-state index contributed by atoms with van der Waals surface area (Å²) in [5, 5.41) is 3.91. The second-order valence-corrected chi connectivity index (χ2v) is 6.74. The molecular weight excluding hydrogens is 329 g/mol. The molecule has 0 heterocycles. The van der Waals surface area contributed by atoms with E-state index in [2.05, 4.69) is 43.4 Å². The zero-order valence-electron chi connectivity index (χ0n) is 13.4. The van der Waals surface area contributed by atoms with E-state index in [0.29, 0.717) is 28.9 Å². The molecule has 0 radical (unpaired) electrons. The van der Waals surface area contributed by atoms with Gasteiger partial charge in [0.1, 0.15) is 0 Å². The summed E-state index contributed by atoms with van der Waals surface area (Å²) in [6.07, 6.45) is 1.13. The van der Waals surface area contributed by atoms with Gasteiger partial charge in [0.25, 0.3) is 0 Å². The molecule has 1 amide bonds. The summed E-state index contributed by atoms with van der Waals surface area (Å²) >= 11 is 11.8. The van der Waals surface area contributed by atoms with Crippen molar-refractivity contribution < 1.29 is 4.79 Å². The normalized spacial score (nSPS) is 10.8. The number of amides is 1. The minimum atomic E-state index is -0.0119. The van der Waals surface area contributed by atoms with Gasteiger partial charge in [-0.3, -0.25) is 4.79 Å². The van der Waals surface area contributed by atoms with Crippen LogP contribution in [0.25, 0.3) is 0 Å². The molecular formula is C19H21Cl2NO. The lowest BCUT2D eigenvalue weighted by molar-refractivity contribution is -0.120. The summed E-state index contributed by atoms with van der Waals surface area (Å²) in [6.45, 7) is 4.98. The summed E-state index contributed by atoms with van der Waals surface area (Å²) in [5.74, 6) is 0.525. The quantitative estimate of drug-likeness (QED) is 0.779. The highest BCUT2D eigenvalue weighted by molar-refractivity contribution is 6.42. The first kappa shape index (κ1) is 17.8. The van der Waals surface area contributed by atoms with Crippen molar-refractivity contribution >= 4 is 29.1 Å². The van der Waals surface area contributed by atoms with E-state index in [0.717, 1.165) is 12.0 Å². The Balaban J connectivity index is 1.79. The summed E-state index contributed by atoms with van der Waals surface area (Å²) in [4.78, 5) is 12.0. The van der Waals surface area contributed by atoms with Crippen molar-refractivity contribution in [2.24, 2.45) is 0 Å². The standard InChI is InChI=1S/C19H21Cl2NO/c1-13(2)16-6-3-14(4-7-16)9-10-22-19(23)12-15-5-8-17(20)18(21)11-15/h3-8,11,13H,9-10,12H2,1-2H3,(H,22,23). The highest BCUT2D eigenvalue weighted by Crippen LogP contribution is 2.22. The Hall–Kier alpha value is -1.51. The molecule has 0 bridgehead atoms. The summed E-state index contributed by atoms with van der Waals surface area (Å²) in [7, 11) is 0. The fraction of sp³-hybridized carbons (Fsp3) is 0.316. The van der Waals surface area contributed by atoms with Crippen molar-refractivity contribution in [3.63, 3.8) is 0 Å². The molecule has 1 N–H and O–H groups in total. The smallest absolute Gasteiger partial charge is 0.224 e. The average molecular weight is 350 g/mol. The third-order valence-electron chi connectivity index (χ3n) is 3.73. The molecule has 0 aromatic heterocycles. The van der Waals surface area contributed by atoms with Crippen LogP contribution in [0.1, 0.15) is 36.5 Å². The lowest BCUT2D eigenvalue weighted by atomic mass is 10.0. The molecule has 0 aliphatic heterocycles. The highest BCUT2D eigenvalue weighted by atomic mass is 35.5. The molecule has 0 atom stereocenters. The zero-order chi connectivity index (χ0) is 16.8. The van der Waals surface area contributed by atoms with E-state index in [-0.39, 0.29) is 5.91 Å². The van der Waals surface area contributed by atoms with Gasteiger partial charge < -0.3 is 5.32 Å². The number of halogens is 2. The van der Waals surface area contributed by atoms with Crippen LogP contribution in [0.3, 0.4) is 0 Å². The number of hydrogen-bond donors (Lipinski definition) is 1. The molecule has 4 heteroatoms. The van der Waals surface area contributed by atoms with Gasteiger partial charge in [-0.2, -0.15) is 0 Å². The molecule has 0 fully saturated rings. The maximum Gasteiger partial charge on any atom is 0.224 e. The van der Waals surface area contributed by atoms with Crippen LogP contribution in [0.2, 0.25) is 10.0 Å². The van der Waals surface area contributed by atoms with Gasteiger partial charge in [-0.15, -0.1) is 0 Å². The van der Waals surface area contributed by atoms with Gasteiger partial charge in [0, 0.05) is 6.54 Å². The van der Waals surface area contributed by atoms with Crippen LogP contribution in [0.4, 0.5) is 0 Å². The third kappa shape index (κ3) is 5.56. The molecule has 2 aromatic carbocycles. The topological polar surface area (TPSA) is 29.1 Å². The summed E-state index contributed by atoms with van der Waals surface area (Å²) < 4.78 is 0. The molecule has 2 aromatic rings. The van der Waals surface area contributed by atoms with Gasteiger partial charge in [-0.25, -0.2) is 0 Å². The van der Waals surface area contributed by atoms with E-state index in [1.807, 2.05) is 6.07 Å². The number of benzene rings is 2. The van der Waals surface area contributed by atoms with Crippen LogP contribution in [-0.2, 0) is 17.6 Å². The fourth-order valence-corrected chi connectivity index (χ4v) is 2.63. The maximum absolute atomic E-state index is 12.0. The molecule has 0 aliphatic rings. The van der Waals surface area contributed by atoms with E-state index < -0.39 is 0 Å². The number of hydrogen-bond acceptors (Lipinski definition) is 1. The lowest BCUT2D eigenvalue weighted by Crippen LogP contribution is -2.27. The molecule has 2 nitrogen and oxygen atoms in total. The molecule has 0 spiro atoms. The van der Waals surface area contributed by atoms with E-state index >= 15 is 0 Å². The molecule has 0 saturated heterocycles. The van der Waals surface area contributed by atoms with E-state index in [9.17, 15) is 4.79 Å². The second kappa shape index (κ2) is 8.37. The molecule has 23 heavy (non-hydrogen) atoms. The van der Waals surface area contributed by atoms with Gasteiger partial charge >= 0.3 is 0 Å². The van der Waals surface area contributed by atoms with Gasteiger partial charge in [0.05, 0.1) is 16.5 Å². The number of carbonyl (C=O) groups is 1. The molecule has 0 unspecified atom stereocenters. The Kier molecular flexibility index (Phi) is 6.49. The Morgan fingerprint density at radius 2 is 1.65 bits per heavy atom. The van der Waals surface area contributed by atoms with Crippen molar-refractivity contribution in [3.8, 4) is 0 Å². The van der Waals surface area contributed by atoms with Crippen LogP contribution in [0.15, 0.2) is 42.5 Å². The molecule has 2 rings (SSSR count). The summed E-state index contributed by atoms with van der Waals surface area (Å²) in [5.41, 5.74) is 3.42. The Morgan fingerprint density at radius 1 is 1.00 bits per heavy atom. The highest BCUT2D eigenvalue weighted by Gasteiger charge is 2.06. The second-order valence-electron chi connectivity index (χ2n) is 5.92. The largest absolute Gasteiger partial charge is 0.355 e. The SMILES string of the molecule is CC(C)c1ccc(CCNC(=O)Cc2ccc(Cl)c(Cl)c2)cc1. The van der Waals surface area contributed by atoms with E-state index in [1.165, 1.54) is 11.1 Å². The Labute approximate surface area is 147 Å². The van der Waals surface area contributed by atoms with Gasteiger partial charge in [-0.05, 0) is 41.2 Å². The van der Waals surface area contributed by atoms with E-state index in [1.54, 1.807) is 12.1 Å². The zero-order valence-corrected chi connectivity index (χ0v) is 14.9. The first-order chi connectivity index (χ1) is 11.0. The monoisotopic (exact) mass is 349 g/mol. The molecule has 0 aliphatic carbocycles. The molecule has 0 saturated carbocycles. The van der Waals surface area contributed by atoms with Crippen molar-refractivity contribution in [1.29, 1.82) is 0 Å². The fourth-order valence-electron chi connectivity index (χ4n) is 2.31. The first-order valence-electron chi connectivity index (χ1n) is 7.75. The van der Waals surface area contributed by atoms with Gasteiger partial charge in [0.15, 0.2) is 0 Å². The Bertz CT molecular complexity index is 666. The summed E-state index contributed by atoms with van der Waals surface area (Å²) in [6, 6.07) is 13.8. The lowest BCUT2D eigenvalue weighted by Gasteiger charge is -2.08. The first-order valence-corrected chi connectivity index (χ1v) is 8.51. The van der Waals surface area contributed by atoms with Crippen molar-refractivity contribution in [2.45, 2.75) is 32.6 Å². The van der Waals surface area contributed by atoms with Crippen LogP contribution in [-0.4, -0.2) is 12.5 Å². The number of carbonyl (C=O) groups excluding carboxylic acids is 1. The van der Waals surface area contributed by atoms with Crippen LogP contribution >= 0.6 is 23.2 Å². The molecule has 122 valence electrons. The minimum absolute atomic E-state index is 0.0119. The van der Waals surface area contributed by atoms with Crippen molar-refractivity contribution in [2.75, 3.05) is 6.54 Å². The predicted octanol–water partition coefficient (Wildman–Crippen LogP) is 5.02. The van der Waals surface area contributed by atoms with Crippen molar-refractivity contribution in [3.05, 3.63) is 69.2 Å². The van der Waals surface area contributed by atoms with Crippen LogP contribution in [0.5, 0.6) is 0 Å². The van der Waals surface area contributed by atoms with Crippen molar-refractivity contribution in [1.82, 2.24) is 5.32 Å². The number of nitrogens with one attached hydrogen (secondary N) is 1. The van der Waals surface area contributed by atoms with Gasteiger partial charge in [-0.1, -0.05) is 67.4 Å².